The lowest BCUT2D eigenvalue weighted by molar-refractivity contribution is -0.0549. The van der Waals surface area contributed by atoms with E-state index in [9.17, 15) is 4.21 Å². The van der Waals surface area contributed by atoms with Crippen molar-refractivity contribution in [1.82, 2.24) is 0 Å². The molecule has 0 amide bonds. The molecule has 1 saturated heterocycles. The molecule has 5 rings (SSSR count). The maximum Gasteiger partial charge on any atom is 0.0806 e. The van der Waals surface area contributed by atoms with Gasteiger partial charge in [0.2, 0.25) is 0 Å². The van der Waals surface area contributed by atoms with E-state index in [2.05, 4.69) is 0 Å². The van der Waals surface area contributed by atoms with Crippen LogP contribution in [-0.2, 0) is 10.8 Å². The fourth-order valence-electron chi connectivity index (χ4n) is 5.67. The van der Waals surface area contributed by atoms with Gasteiger partial charge < -0.3 is 0 Å². The molecule has 18 heavy (non-hydrogen) atoms. The Labute approximate surface area is 117 Å². The zero-order chi connectivity index (χ0) is 12.2. The summed E-state index contributed by atoms with van der Waals surface area (Å²) in [5.74, 6) is 5.35. The molecular weight excluding hydrogens is 260 g/mol. The third-order valence-electron chi connectivity index (χ3n) is 5.85. The smallest absolute Gasteiger partial charge is 0.0806 e. The number of hydrogen-bond donors (Lipinski definition) is 0. The molecule has 2 unspecified atom stereocenters. The van der Waals surface area contributed by atoms with Crippen LogP contribution >= 0.6 is 11.8 Å². The molecule has 2 atom stereocenters. The zero-order valence-corrected chi connectivity index (χ0v) is 12.7. The molecule has 1 aliphatic heterocycles. The second-order valence-electron chi connectivity index (χ2n) is 7.36. The molecule has 3 heteroatoms. The fourth-order valence-corrected chi connectivity index (χ4v) is 9.31. The second-order valence-corrected chi connectivity index (χ2v) is 10.7. The van der Waals surface area contributed by atoms with Gasteiger partial charge in [0.05, 0.1) is 4.58 Å². The molecule has 0 spiro atoms. The Hall–Kier alpha value is 0.500. The molecule has 4 saturated carbocycles. The Morgan fingerprint density at radius 2 is 1.67 bits per heavy atom. The summed E-state index contributed by atoms with van der Waals surface area (Å²) in [7, 11) is -0.528. The molecule has 0 aromatic carbocycles. The molecule has 1 heterocycles. The van der Waals surface area contributed by atoms with Crippen LogP contribution < -0.4 is 0 Å². The van der Waals surface area contributed by atoms with Gasteiger partial charge in [0.1, 0.15) is 0 Å². The minimum atomic E-state index is -0.528. The summed E-state index contributed by atoms with van der Waals surface area (Å²) < 4.78 is 12.7. The van der Waals surface area contributed by atoms with Gasteiger partial charge in [-0.3, -0.25) is 4.21 Å². The van der Waals surface area contributed by atoms with E-state index in [-0.39, 0.29) is 0 Å². The van der Waals surface area contributed by atoms with Gasteiger partial charge in [-0.2, -0.15) is 0 Å². The van der Waals surface area contributed by atoms with Crippen LogP contribution in [0.15, 0.2) is 0 Å². The monoisotopic (exact) mass is 284 g/mol. The average Bonchev–Trinajstić information content (AvgIpc) is 2.30. The van der Waals surface area contributed by atoms with Crippen LogP contribution in [0.2, 0.25) is 0 Å². The summed E-state index contributed by atoms with van der Waals surface area (Å²) in [6.45, 7) is 0. The molecule has 102 valence electrons. The first-order chi connectivity index (χ1) is 8.72. The van der Waals surface area contributed by atoms with Gasteiger partial charge in [-0.25, -0.2) is 0 Å². The minimum absolute atomic E-state index is 0.481. The molecule has 0 aromatic rings. The van der Waals surface area contributed by atoms with E-state index in [0.717, 1.165) is 23.5 Å². The van der Waals surface area contributed by atoms with Crippen molar-refractivity contribution in [2.24, 2.45) is 23.2 Å². The molecule has 5 aliphatic rings. The second kappa shape index (κ2) is 4.51. The van der Waals surface area contributed by atoms with Crippen LogP contribution in [0.1, 0.15) is 51.4 Å². The quantitative estimate of drug-likeness (QED) is 0.767. The van der Waals surface area contributed by atoms with E-state index in [1.165, 1.54) is 57.1 Å². The van der Waals surface area contributed by atoms with E-state index in [4.69, 9.17) is 0 Å². The van der Waals surface area contributed by atoms with Crippen molar-refractivity contribution in [3.63, 3.8) is 0 Å². The molecule has 0 N–H and O–H groups in total. The van der Waals surface area contributed by atoms with Gasteiger partial charge in [0.25, 0.3) is 0 Å². The highest BCUT2D eigenvalue weighted by Crippen LogP contribution is 2.62. The summed E-state index contributed by atoms with van der Waals surface area (Å²) >= 11 is 2.02. The van der Waals surface area contributed by atoms with Gasteiger partial charge in [0, 0.05) is 16.6 Å². The van der Waals surface area contributed by atoms with Crippen LogP contribution in [0.5, 0.6) is 0 Å². The SMILES string of the molecule is O=S1CCCSC1CC12CC3CC(CC(C3)C1)C2. The van der Waals surface area contributed by atoms with Crippen molar-refractivity contribution in [3.8, 4) is 0 Å². The van der Waals surface area contributed by atoms with Crippen molar-refractivity contribution in [2.75, 3.05) is 11.5 Å². The fraction of sp³-hybridized carbons (Fsp3) is 1.00. The minimum Gasteiger partial charge on any atom is -0.258 e. The van der Waals surface area contributed by atoms with E-state index in [1.54, 1.807) is 0 Å². The van der Waals surface area contributed by atoms with Gasteiger partial charge in [-0.15, -0.1) is 11.8 Å². The van der Waals surface area contributed by atoms with Crippen LogP contribution in [0.4, 0.5) is 0 Å². The molecule has 0 aromatic heterocycles. The Morgan fingerprint density at radius 3 is 2.22 bits per heavy atom. The molecule has 1 nitrogen and oxygen atoms in total. The Kier molecular flexibility index (Phi) is 3.07. The Bertz CT molecular complexity index is 330. The summed E-state index contributed by atoms with van der Waals surface area (Å²) in [5.41, 5.74) is 0.624. The molecule has 4 bridgehead atoms. The summed E-state index contributed by atoms with van der Waals surface area (Å²) in [6.07, 6.45) is 11.5. The first-order valence-corrected chi connectivity index (χ1v) is 10.1. The van der Waals surface area contributed by atoms with Crippen molar-refractivity contribution in [3.05, 3.63) is 0 Å². The van der Waals surface area contributed by atoms with E-state index in [0.29, 0.717) is 10.00 Å². The molecule has 4 aliphatic carbocycles. The zero-order valence-electron chi connectivity index (χ0n) is 11.1. The van der Waals surface area contributed by atoms with Crippen LogP contribution in [0.25, 0.3) is 0 Å². The van der Waals surface area contributed by atoms with Gasteiger partial charge >= 0.3 is 0 Å². The van der Waals surface area contributed by atoms with E-state index in [1.807, 2.05) is 11.8 Å². The lowest BCUT2D eigenvalue weighted by atomic mass is 9.49. The van der Waals surface area contributed by atoms with Crippen LogP contribution in [0.3, 0.4) is 0 Å². The highest BCUT2D eigenvalue weighted by Gasteiger charge is 2.51. The highest BCUT2D eigenvalue weighted by molar-refractivity contribution is 8.11. The third-order valence-corrected chi connectivity index (χ3v) is 9.41. The van der Waals surface area contributed by atoms with Crippen molar-refractivity contribution in [1.29, 1.82) is 0 Å². The molecular formula is C15H24OS2. The maximum absolute atomic E-state index is 12.2. The lowest BCUT2D eigenvalue weighted by Crippen LogP contribution is -2.47. The standard InChI is InChI=1S/C15H24OS2/c16-18-3-1-2-17-14(18)10-15-7-11-4-12(8-15)6-13(5-11)9-15/h11-14H,1-10H2. The van der Waals surface area contributed by atoms with E-state index >= 15 is 0 Å². The Balaban J connectivity index is 1.51. The summed E-state index contributed by atoms with van der Waals surface area (Å²) in [4.78, 5) is 0. The van der Waals surface area contributed by atoms with Crippen molar-refractivity contribution < 1.29 is 4.21 Å². The number of rotatable bonds is 2. The predicted octanol–water partition coefficient (Wildman–Crippen LogP) is 3.80. The van der Waals surface area contributed by atoms with E-state index < -0.39 is 10.8 Å². The third kappa shape index (κ3) is 2.09. The maximum atomic E-state index is 12.2. The molecule has 0 radical (unpaired) electrons. The predicted molar refractivity (Wildman–Crippen MR) is 79.1 cm³/mol. The highest BCUT2D eigenvalue weighted by atomic mass is 32.2. The van der Waals surface area contributed by atoms with Gasteiger partial charge in [-0.1, -0.05) is 0 Å². The number of thioether (sulfide) groups is 1. The summed E-state index contributed by atoms with van der Waals surface area (Å²) in [6, 6.07) is 0. The first kappa shape index (κ1) is 12.3. The first-order valence-electron chi connectivity index (χ1n) is 7.71. The van der Waals surface area contributed by atoms with Crippen LogP contribution in [-0.4, -0.2) is 20.3 Å². The Morgan fingerprint density at radius 1 is 1.06 bits per heavy atom. The van der Waals surface area contributed by atoms with Crippen molar-refractivity contribution >= 4 is 22.6 Å². The topological polar surface area (TPSA) is 17.1 Å². The number of hydrogen-bond acceptors (Lipinski definition) is 2. The van der Waals surface area contributed by atoms with Gasteiger partial charge in [-0.05, 0) is 80.3 Å². The summed E-state index contributed by atoms with van der Waals surface area (Å²) in [5, 5.41) is 0. The normalized spacial score (nSPS) is 54.8. The largest absolute Gasteiger partial charge is 0.258 e. The van der Waals surface area contributed by atoms with Gasteiger partial charge in [0.15, 0.2) is 0 Å². The average molecular weight is 284 g/mol. The van der Waals surface area contributed by atoms with Crippen molar-refractivity contribution in [2.45, 2.75) is 55.9 Å². The molecule has 5 fully saturated rings. The van der Waals surface area contributed by atoms with Crippen LogP contribution in [0, 0.1) is 23.2 Å². The lowest BCUT2D eigenvalue weighted by Gasteiger charge is -2.57.